The molecule has 2 fully saturated rings. The van der Waals surface area contributed by atoms with Gasteiger partial charge in [-0.25, -0.2) is 9.64 Å². The predicted octanol–water partition coefficient (Wildman–Crippen LogP) is 3.92. The van der Waals surface area contributed by atoms with Crippen molar-refractivity contribution in [1.82, 2.24) is 20.0 Å². The Morgan fingerprint density at radius 3 is 2.69 bits per heavy atom. The average Bonchev–Trinajstić information content (AvgIpc) is 3.38. The molecule has 2 aliphatic heterocycles. The number of urea groups is 1. The summed E-state index contributed by atoms with van der Waals surface area (Å²) in [7, 11) is 0. The number of morpholine rings is 1. The monoisotopic (exact) mass is 434 g/mol. The third-order valence-corrected chi connectivity index (χ3v) is 6.62. The highest BCUT2D eigenvalue weighted by Gasteiger charge is 2.30. The van der Waals surface area contributed by atoms with Crippen molar-refractivity contribution in [2.45, 2.75) is 25.3 Å². The summed E-state index contributed by atoms with van der Waals surface area (Å²) in [6.07, 6.45) is 1.64. The van der Waals surface area contributed by atoms with Crippen LogP contribution in [0.1, 0.15) is 29.3 Å². The van der Waals surface area contributed by atoms with Gasteiger partial charge >= 0.3 is 6.03 Å². The molecule has 2 saturated heterocycles. The number of hydrogen-bond donors (Lipinski definition) is 2. The second-order valence-corrected chi connectivity index (χ2v) is 8.95. The van der Waals surface area contributed by atoms with Crippen LogP contribution in [0.3, 0.4) is 0 Å². The molecule has 0 aromatic carbocycles. The standard InChI is InChI=1S/C19H23ClN6O2S/c1-21-17-16(23-24-18(17)22-12-14-2-3-15(20)29-14)13-4-6-25(7-5-13)19(27)26-8-10-28-11-9-26/h2-3,13H,4-12H2,(H2,22,23,24). The molecule has 10 heteroatoms. The lowest BCUT2D eigenvalue weighted by atomic mass is 9.93. The van der Waals surface area contributed by atoms with E-state index in [1.807, 2.05) is 21.9 Å². The number of piperidine rings is 1. The second kappa shape index (κ2) is 9.03. The van der Waals surface area contributed by atoms with Crippen molar-refractivity contribution in [2.75, 3.05) is 44.7 Å². The van der Waals surface area contributed by atoms with Crippen LogP contribution >= 0.6 is 22.9 Å². The lowest BCUT2D eigenvalue weighted by Gasteiger charge is -2.37. The number of aromatic amines is 1. The van der Waals surface area contributed by atoms with E-state index < -0.39 is 0 Å². The Hall–Kier alpha value is -2.28. The lowest BCUT2D eigenvalue weighted by molar-refractivity contribution is 0.0411. The van der Waals surface area contributed by atoms with Crippen molar-refractivity contribution in [3.05, 3.63) is 38.5 Å². The fourth-order valence-electron chi connectivity index (χ4n) is 3.80. The van der Waals surface area contributed by atoms with Gasteiger partial charge in [0.2, 0.25) is 0 Å². The van der Waals surface area contributed by atoms with E-state index in [1.54, 1.807) is 0 Å². The number of carbonyl (C=O) groups excluding carboxylic acids is 1. The number of hydrogen-bond acceptors (Lipinski definition) is 5. The summed E-state index contributed by atoms with van der Waals surface area (Å²) in [5.74, 6) is 0.776. The van der Waals surface area contributed by atoms with E-state index in [9.17, 15) is 4.79 Å². The van der Waals surface area contributed by atoms with Crippen LogP contribution in [0.15, 0.2) is 12.1 Å². The zero-order valence-electron chi connectivity index (χ0n) is 16.0. The third kappa shape index (κ3) is 4.50. The normalized spacial score (nSPS) is 17.9. The molecule has 0 saturated carbocycles. The smallest absolute Gasteiger partial charge is 0.320 e. The van der Waals surface area contributed by atoms with E-state index >= 15 is 0 Å². The first-order chi connectivity index (χ1) is 14.2. The minimum Gasteiger partial charge on any atom is -0.378 e. The Morgan fingerprint density at radius 1 is 1.31 bits per heavy atom. The molecule has 29 heavy (non-hydrogen) atoms. The summed E-state index contributed by atoms with van der Waals surface area (Å²) in [4.78, 5) is 21.2. The van der Waals surface area contributed by atoms with Gasteiger partial charge in [0, 0.05) is 43.3 Å². The fourth-order valence-corrected chi connectivity index (χ4v) is 4.83. The van der Waals surface area contributed by atoms with E-state index in [4.69, 9.17) is 22.9 Å². The molecule has 0 aliphatic carbocycles. The highest BCUT2D eigenvalue weighted by molar-refractivity contribution is 7.16. The molecule has 154 valence electrons. The van der Waals surface area contributed by atoms with Crippen molar-refractivity contribution in [3.63, 3.8) is 0 Å². The summed E-state index contributed by atoms with van der Waals surface area (Å²) in [6.45, 7) is 12.1. The second-order valence-electron chi connectivity index (χ2n) is 7.15. The molecule has 0 radical (unpaired) electrons. The molecular weight excluding hydrogens is 412 g/mol. The van der Waals surface area contributed by atoms with Gasteiger partial charge in [-0.15, -0.1) is 11.3 Å². The number of amides is 2. The molecule has 0 spiro atoms. The van der Waals surface area contributed by atoms with Crippen LogP contribution in [0.5, 0.6) is 0 Å². The number of likely N-dealkylation sites (tertiary alicyclic amines) is 1. The fraction of sp³-hybridized carbons (Fsp3) is 0.526. The van der Waals surface area contributed by atoms with Gasteiger partial charge in [-0.05, 0) is 30.9 Å². The summed E-state index contributed by atoms with van der Waals surface area (Å²) in [5.41, 5.74) is 1.41. The maximum atomic E-state index is 12.7. The van der Waals surface area contributed by atoms with E-state index in [2.05, 4.69) is 20.4 Å². The number of carbonyl (C=O) groups is 1. The van der Waals surface area contributed by atoms with Crippen LogP contribution in [0.25, 0.3) is 4.85 Å². The van der Waals surface area contributed by atoms with Crippen molar-refractivity contribution in [2.24, 2.45) is 0 Å². The van der Waals surface area contributed by atoms with E-state index in [1.165, 1.54) is 11.3 Å². The van der Waals surface area contributed by atoms with E-state index in [0.29, 0.717) is 57.4 Å². The SMILES string of the molecule is [C-]#[N+]c1c(NCc2ccc(Cl)s2)n[nH]c1C1CCN(C(=O)N2CCOCC2)CC1. The van der Waals surface area contributed by atoms with Gasteiger partial charge in [0.25, 0.3) is 5.69 Å². The van der Waals surface area contributed by atoms with Crippen molar-refractivity contribution < 1.29 is 9.53 Å². The average molecular weight is 435 g/mol. The Kier molecular flexibility index (Phi) is 6.23. The number of thiophene rings is 1. The third-order valence-electron chi connectivity index (χ3n) is 5.39. The summed E-state index contributed by atoms with van der Waals surface area (Å²) < 4.78 is 6.07. The lowest BCUT2D eigenvalue weighted by Crippen LogP contribution is -2.50. The first-order valence-electron chi connectivity index (χ1n) is 9.71. The summed E-state index contributed by atoms with van der Waals surface area (Å²) in [5, 5.41) is 10.6. The molecule has 2 aromatic heterocycles. The highest BCUT2D eigenvalue weighted by Crippen LogP contribution is 2.37. The van der Waals surface area contributed by atoms with Crippen LogP contribution < -0.4 is 5.32 Å². The van der Waals surface area contributed by atoms with E-state index in [0.717, 1.165) is 27.7 Å². The zero-order chi connectivity index (χ0) is 20.2. The van der Waals surface area contributed by atoms with Crippen LogP contribution in [-0.2, 0) is 11.3 Å². The van der Waals surface area contributed by atoms with Gasteiger partial charge in [0.1, 0.15) is 0 Å². The minimum absolute atomic E-state index is 0.0960. The largest absolute Gasteiger partial charge is 0.378 e. The van der Waals surface area contributed by atoms with Gasteiger partial charge in [0.15, 0.2) is 5.82 Å². The Balaban J connectivity index is 1.36. The molecule has 4 heterocycles. The zero-order valence-corrected chi connectivity index (χ0v) is 17.6. The first-order valence-corrected chi connectivity index (χ1v) is 10.9. The quantitative estimate of drug-likeness (QED) is 0.715. The molecule has 8 nitrogen and oxygen atoms in total. The van der Waals surface area contributed by atoms with Gasteiger partial charge in [-0.2, -0.15) is 5.10 Å². The van der Waals surface area contributed by atoms with Crippen molar-refractivity contribution >= 4 is 40.5 Å². The number of halogens is 1. The van der Waals surface area contributed by atoms with E-state index in [-0.39, 0.29) is 11.9 Å². The minimum atomic E-state index is 0.0960. The highest BCUT2D eigenvalue weighted by atomic mass is 35.5. The van der Waals surface area contributed by atoms with Crippen molar-refractivity contribution in [1.29, 1.82) is 0 Å². The van der Waals surface area contributed by atoms with Gasteiger partial charge in [-0.3, -0.25) is 5.10 Å². The molecule has 0 atom stereocenters. The number of anilines is 1. The molecule has 2 N–H and O–H groups in total. The molecule has 2 aliphatic rings. The number of aromatic nitrogens is 2. The predicted molar refractivity (Wildman–Crippen MR) is 113 cm³/mol. The molecule has 2 aromatic rings. The van der Waals surface area contributed by atoms with Gasteiger partial charge in [0.05, 0.1) is 24.1 Å². The Bertz CT molecular complexity index is 893. The van der Waals surface area contributed by atoms with Gasteiger partial charge < -0.3 is 19.9 Å². The maximum absolute atomic E-state index is 12.7. The van der Waals surface area contributed by atoms with Crippen molar-refractivity contribution in [3.8, 4) is 0 Å². The van der Waals surface area contributed by atoms with Crippen LogP contribution in [-0.4, -0.2) is 65.4 Å². The number of nitrogens with zero attached hydrogens (tertiary/aromatic N) is 4. The molecule has 2 amide bonds. The van der Waals surface area contributed by atoms with Gasteiger partial charge in [-0.1, -0.05) is 11.6 Å². The molecule has 0 bridgehead atoms. The molecular formula is C19H23ClN6O2S. The number of ether oxygens (including phenoxy) is 1. The number of rotatable bonds is 4. The maximum Gasteiger partial charge on any atom is 0.320 e. The van der Waals surface area contributed by atoms with Crippen LogP contribution in [0.2, 0.25) is 4.34 Å². The number of H-pyrrole nitrogens is 1. The summed E-state index contributed by atoms with van der Waals surface area (Å²) >= 11 is 7.48. The Morgan fingerprint density at radius 2 is 2.03 bits per heavy atom. The number of nitrogens with one attached hydrogen (secondary N) is 2. The van der Waals surface area contributed by atoms with Crippen LogP contribution in [0, 0.1) is 6.57 Å². The first kappa shape index (κ1) is 20.0. The molecule has 0 unspecified atom stereocenters. The molecule has 4 rings (SSSR count). The Labute approximate surface area is 178 Å². The summed E-state index contributed by atoms with van der Waals surface area (Å²) in [6, 6.07) is 3.92. The topological polar surface area (TPSA) is 77.8 Å². The van der Waals surface area contributed by atoms with Crippen LogP contribution in [0.4, 0.5) is 16.3 Å².